The zero-order valence-electron chi connectivity index (χ0n) is 13.3. The molecule has 2 rings (SSSR count). The lowest BCUT2D eigenvalue weighted by atomic mass is 10.2. The molecule has 0 bridgehead atoms. The van der Waals surface area contributed by atoms with Crippen molar-refractivity contribution in [2.24, 2.45) is 7.05 Å². The molecule has 22 heavy (non-hydrogen) atoms. The van der Waals surface area contributed by atoms with Gasteiger partial charge in [-0.2, -0.15) is 5.10 Å². The summed E-state index contributed by atoms with van der Waals surface area (Å²) < 4.78 is 1.61. The van der Waals surface area contributed by atoms with Crippen LogP contribution in [0.15, 0.2) is 30.3 Å². The van der Waals surface area contributed by atoms with E-state index in [-0.39, 0.29) is 17.6 Å². The van der Waals surface area contributed by atoms with Crippen molar-refractivity contribution in [2.45, 2.75) is 19.9 Å². The summed E-state index contributed by atoms with van der Waals surface area (Å²) in [6.45, 7) is 4.40. The second-order valence-electron chi connectivity index (χ2n) is 5.38. The van der Waals surface area contributed by atoms with Crippen LogP contribution >= 0.6 is 11.6 Å². The molecule has 0 radical (unpaired) electrons. The molecule has 1 amide bonds. The van der Waals surface area contributed by atoms with Crippen molar-refractivity contribution in [3.05, 3.63) is 46.7 Å². The van der Waals surface area contributed by atoms with Crippen molar-refractivity contribution in [2.75, 3.05) is 18.5 Å². The molecule has 0 aliphatic heterocycles. The number of hydrogen-bond donors (Lipinski definition) is 1. The third-order valence-corrected chi connectivity index (χ3v) is 4.31. The van der Waals surface area contributed by atoms with Gasteiger partial charge >= 0.3 is 0 Å². The minimum absolute atomic E-state index is 0.148. The number of para-hydroxylation sites is 1. The molecule has 0 saturated heterocycles. The average molecular weight is 321 g/mol. The second-order valence-corrected chi connectivity index (χ2v) is 5.76. The maximum Gasteiger partial charge on any atom is 0.273 e. The van der Waals surface area contributed by atoms with Gasteiger partial charge in [0.05, 0.1) is 10.7 Å². The lowest BCUT2D eigenvalue weighted by Crippen LogP contribution is -2.40. The first-order valence-electron chi connectivity index (χ1n) is 7.17. The molecule has 0 spiro atoms. The van der Waals surface area contributed by atoms with Gasteiger partial charge in [-0.15, -0.1) is 0 Å². The van der Waals surface area contributed by atoms with Crippen LogP contribution in [0.5, 0.6) is 0 Å². The van der Waals surface area contributed by atoms with Crippen LogP contribution in [-0.4, -0.2) is 35.3 Å². The minimum Gasteiger partial charge on any atom is -0.370 e. The van der Waals surface area contributed by atoms with E-state index >= 15 is 0 Å². The molecule has 0 fully saturated rings. The standard InChI is InChI=1S/C16H21ClN4O/c1-11(20(3)13-8-6-5-7-9-13)10-18-16(22)15-14(17)12(2)21(4)19-15/h5-9,11H,10H2,1-4H3,(H,18,22)/t11-/m0/s1. The quantitative estimate of drug-likeness (QED) is 0.921. The molecule has 0 aliphatic carbocycles. The van der Waals surface area contributed by atoms with Crippen molar-refractivity contribution in [3.8, 4) is 0 Å². The Morgan fingerprint density at radius 3 is 2.59 bits per heavy atom. The highest BCUT2D eigenvalue weighted by molar-refractivity contribution is 6.34. The van der Waals surface area contributed by atoms with E-state index in [1.807, 2.05) is 44.3 Å². The highest BCUT2D eigenvalue weighted by atomic mass is 35.5. The highest BCUT2D eigenvalue weighted by Gasteiger charge is 2.19. The molecule has 5 nitrogen and oxygen atoms in total. The number of hydrogen-bond acceptors (Lipinski definition) is 3. The molecule has 118 valence electrons. The SMILES string of the molecule is Cc1c(Cl)c(C(=O)NC[C@H](C)N(C)c2ccccc2)nn1C. The number of nitrogens with zero attached hydrogens (tertiary/aromatic N) is 3. The molecule has 1 aromatic carbocycles. The number of anilines is 1. The van der Waals surface area contributed by atoms with Crippen LogP contribution in [0, 0.1) is 6.92 Å². The van der Waals surface area contributed by atoms with Gasteiger partial charge in [-0.1, -0.05) is 29.8 Å². The fraction of sp³-hybridized carbons (Fsp3) is 0.375. The van der Waals surface area contributed by atoms with Crippen LogP contribution in [0.25, 0.3) is 0 Å². The van der Waals surface area contributed by atoms with E-state index in [1.54, 1.807) is 11.7 Å². The first-order valence-corrected chi connectivity index (χ1v) is 7.54. The van der Waals surface area contributed by atoms with E-state index in [2.05, 4.69) is 22.2 Å². The predicted molar refractivity (Wildman–Crippen MR) is 89.6 cm³/mol. The van der Waals surface area contributed by atoms with E-state index in [0.29, 0.717) is 11.6 Å². The molecule has 1 aromatic heterocycles. The molecular formula is C16H21ClN4O. The number of nitrogens with one attached hydrogen (secondary N) is 1. The summed E-state index contributed by atoms with van der Waals surface area (Å²) in [5, 5.41) is 7.45. The molecule has 0 unspecified atom stereocenters. The van der Waals surface area contributed by atoms with Gasteiger partial charge in [0, 0.05) is 32.4 Å². The number of aryl methyl sites for hydroxylation is 1. The lowest BCUT2D eigenvalue weighted by molar-refractivity contribution is 0.0946. The van der Waals surface area contributed by atoms with Crippen LogP contribution < -0.4 is 10.2 Å². The smallest absolute Gasteiger partial charge is 0.273 e. The van der Waals surface area contributed by atoms with Crippen LogP contribution in [0.3, 0.4) is 0 Å². The van der Waals surface area contributed by atoms with Crippen LogP contribution in [-0.2, 0) is 7.05 Å². The van der Waals surface area contributed by atoms with Crippen LogP contribution in [0.1, 0.15) is 23.1 Å². The van der Waals surface area contributed by atoms with Crippen LogP contribution in [0.2, 0.25) is 5.02 Å². The van der Waals surface area contributed by atoms with Crippen molar-refractivity contribution in [1.29, 1.82) is 0 Å². The number of benzene rings is 1. The predicted octanol–water partition coefficient (Wildman–Crippen LogP) is 2.64. The summed E-state index contributed by atoms with van der Waals surface area (Å²) in [6.07, 6.45) is 0. The Hall–Kier alpha value is -2.01. The van der Waals surface area contributed by atoms with Crippen molar-refractivity contribution < 1.29 is 4.79 Å². The Labute approximate surface area is 135 Å². The molecule has 1 atom stereocenters. The molecule has 1 N–H and O–H groups in total. The van der Waals surface area contributed by atoms with Gasteiger partial charge < -0.3 is 10.2 Å². The van der Waals surface area contributed by atoms with E-state index < -0.39 is 0 Å². The van der Waals surface area contributed by atoms with Gasteiger partial charge in [0.2, 0.25) is 0 Å². The zero-order valence-corrected chi connectivity index (χ0v) is 14.1. The fourth-order valence-corrected chi connectivity index (χ4v) is 2.35. The Kier molecular flexibility index (Phi) is 5.08. The Bertz CT molecular complexity index is 654. The van der Waals surface area contributed by atoms with E-state index in [0.717, 1.165) is 11.4 Å². The lowest BCUT2D eigenvalue weighted by Gasteiger charge is -2.27. The maximum absolute atomic E-state index is 12.2. The molecule has 1 heterocycles. The molecule has 6 heteroatoms. The minimum atomic E-state index is -0.248. The number of likely N-dealkylation sites (N-methyl/N-ethyl adjacent to an activating group) is 1. The fourth-order valence-electron chi connectivity index (χ4n) is 2.11. The summed E-state index contributed by atoms with van der Waals surface area (Å²) >= 11 is 6.13. The van der Waals surface area contributed by atoms with Gasteiger partial charge in [0.25, 0.3) is 5.91 Å². The maximum atomic E-state index is 12.2. The third-order valence-electron chi connectivity index (χ3n) is 3.86. The number of carbonyl (C=O) groups excluding carboxylic acids is 1. The Morgan fingerprint density at radius 2 is 2.05 bits per heavy atom. The van der Waals surface area contributed by atoms with Crippen molar-refractivity contribution >= 4 is 23.2 Å². The normalized spacial score (nSPS) is 12.0. The van der Waals surface area contributed by atoms with Gasteiger partial charge in [-0.3, -0.25) is 9.48 Å². The highest BCUT2D eigenvalue weighted by Crippen LogP contribution is 2.19. The molecule has 0 aliphatic rings. The van der Waals surface area contributed by atoms with Gasteiger partial charge in [-0.25, -0.2) is 0 Å². The first kappa shape index (κ1) is 16.4. The van der Waals surface area contributed by atoms with Gasteiger partial charge in [0.15, 0.2) is 5.69 Å². The number of halogens is 1. The number of carbonyl (C=O) groups is 1. The first-order chi connectivity index (χ1) is 10.4. The van der Waals surface area contributed by atoms with Gasteiger partial charge in [-0.05, 0) is 26.0 Å². The summed E-state index contributed by atoms with van der Waals surface area (Å²) in [7, 11) is 3.77. The zero-order chi connectivity index (χ0) is 16.3. The number of amides is 1. The monoisotopic (exact) mass is 320 g/mol. The summed E-state index contributed by atoms with van der Waals surface area (Å²) in [4.78, 5) is 14.3. The van der Waals surface area contributed by atoms with E-state index in [9.17, 15) is 4.79 Å². The van der Waals surface area contributed by atoms with E-state index in [1.165, 1.54) is 0 Å². The molecule has 2 aromatic rings. The average Bonchev–Trinajstić information content (AvgIpc) is 2.80. The van der Waals surface area contributed by atoms with Crippen LogP contribution in [0.4, 0.5) is 5.69 Å². The van der Waals surface area contributed by atoms with Crippen molar-refractivity contribution in [3.63, 3.8) is 0 Å². The summed E-state index contributed by atoms with van der Waals surface area (Å²) in [6, 6.07) is 10.2. The molecule has 0 saturated carbocycles. The second kappa shape index (κ2) is 6.83. The number of aromatic nitrogens is 2. The summed E-state index contributed by atoms with van der Waals surface area (Å²) in [5.74, 6) is -0.248. The van der Waals surface area contributed by atoms with Crippen molar-refractivity contribution in [1.82, 2.24) is 15.1 Å². The van der Waals surface area contributed by atoms with Gasteiger partial charge in [0.1, 0.15) is 0 Å². The Balaban J connectivity index is 1.97. The topological polar surface area (TPSA) is 50.2 Å². The molecular weight excluding hydrogens is 300 g/mol. The largest absolute Gasteiger partial charge is 0.370 e. The Morgan fingerprint density at radius 1 is 1.41 bits per heavy atom. The third kappa shape index (κ3) is 3.42. The van der Waals surface area contributed by atoms with E-state index in [4.69, 9.17) is 11.6 Å². The number of rotatable bonds is 5. The summed E-state index contributed by atoms with van der Waals surface area (Å²) in [5.41, 5.74) is 2.16.